The predicted octanol–water partition coefficient (Wildman–Crippen LogP) is 0.850. The quantitative estimate of drug-likeness (QED) is 0.488. The highest BCUT2D eigenvalue weighted by Crippen LogP contribution is 2.17. The maximum absolute atomic E-state index is 7.87. The normalized spacial score (nSPS) is 10.5. The number of hydrogen-bond acceptors (Lipinski definition) is 2. The maximum atomic E-state index is 7.87. The van der Waals surface area contributed by atoms with Crippen molar-refractivity contribution in [2.75, 3.05) is 6.26 Å². The fourth-order valence-corrected chi connectivity index (χ4v) is 0. The third-order valence-corrected chi connectivity index (χ3v) is 0.822. The van der Waals surface area contributed by atoms with Gasteiger partial charge in [-0.3, -0.25) is 0 Å². The van der Waals surface area contributed by atoms with Crippen LogP contribution in [0.25, 0.3) is 0 Å². The Morgan fingerprint density at radius 1 is 2.00 bits per heavy atom. The van der Waals surface area contributed by atoms with Crippen molar-refractivity contribution in [2.24, 2.45) is 0 Å². The third kappa shape index (κ3) is 2.74. The lowest BCUT2D eigenvalue weighted by molar-refractivity contribution is 0.660. The zero-order valence-corrected chi connectivity index (χ0v) is 4.17. The summed E-state index contributed by atoms with van der Waals surface area (Å²) in [5.74, 6) is 0. The van der Waals surface area contributed by atoms with E-state index in [4.69, 9.17) is 4.89 Å². The molecule has 0 aromatic carbocycles. The fraction of sp³-hybridized carbons (Fsp3) is 1.00. The van der Waals surface area contributed by atoms with Crippen LogP contribution in [0.2, 0.25) is 0 Å². The van der Waals surface area contributed by atoms with Crippen molar-refractivity contribution in [2.45, 2.75) is 0 Å². The van der Waals surface area contributed by atoms with Crippen molar-refractivity contribution >= 4 is 19.4 Å². The van der Waals surface area contributed by atoms with Gasteiger partial charge in [-0.05, 0) is 6.26 Å². The number of rotatable bonds is 1. The number of hydrogen-bond donors (Lipinski definition) is 1. The molecule has 0 saturated carbocycles. The van der Waals surface area contributed by atoms with Gasteiger partial charge in [0.1, 0.15) is 0 Å². The van der Waals surface area contributed by atoms with E-state index in [1.165, 1.54) is 11.4 Å². The van der Waals surface area contributed by atoms with E-state index in [0.29, 0.717) is 0 Å². The summed E-state index contributed by atoms with van der Waals surface area (Å²) in [6.45, 7) is 0. The molecule has 0 fully saturated rings. The Bertz CT molecular complexity index is 10.0. The molecule has 0 amide bonds. The average molecular weight is 96.1 g/mol. The van der Waals surface area contributed by atoms with Crippen molar-refractivity contribution in [3.05, 3.63) is 0 Å². The van der Waals surface area contributed by atoms with Crippen molar-refractivity contribution in [3.63, 3.8) is 0 Å². The first kappa shape index (κ1) is 4.74. The summed E-state index contributed by atoms with van der Waals surface area (Å²) in [6.07, 6.45) is 1.86. The monoisotopic (exact) mass is 96.0 g/mol. The Labute approximate surface area is 31.4 Å². The Balaban J connectivity index is 1.97. The Kier molecular flexibility index (Phi) is 4.43. The van der Waals surface area contributed by atoms with E-state index in [1.807, 2.05) is 6.26 Å². The van der Waals surface area contributed by atoms with Crippen molar-refractivity contribution in [1.29, 1.82) is 0 Å². The van der Waals surface area contributed by atoms with Crippen LogP contribution in [0, 0.1) is 0 Å². The van der Waals surface area contributed by atoms with Crippen LogP contribution in [0.15, 0.2) is 0 Å². The molecule has 1 N–H and O–H groups in total. The maximum Gasteiger partial charge on any atom is 0.0701 e. The standard InChI is InChI=1S/CH5OPS/c1-4-3-2/h2-3H,1H3. The molecule has 0 heterocycles. The van der Waals surface area contributed by atoms with Gasteiger partial charge >= 0.3 is 0 Å². The summed E-state index contributed by atoms with van der Waals surface area (Å²) < 4.78 is 0. The van der Waals surface area contributed by atoms with Gasteiger partial charge in [0.25, 0.3) is 0 Å². The molecule has 0 aliphatic heterocycles. The van der Waals surface area contributed by atoms with Gasteiger partial charge in [0, 0.05) is 0 Å². The first-order valence-corrected chi connectivity index (χ1v) is 3.73. The summed E-state index contributed by atoms with van der Waals surface area (Å²) in [4.78, 5) is 7.87. The molecule has 0 saturated heterocycles. The molecule has 0 radical (unpaired) electrons. The van der Waals surface area contributed by atoms with Crippen LogP contribution in [0.4, 0.5) is 0 Å². The molecular weight excluding hydrogens is 91.1 g/mol. The molecule has 0 aromatic rings. The van der Waals surface area contributed by atoms with E-state index in [2.05, 4.69) is 0 Å². The zero-order valence-electron chi connectivity index (χ0n) is 2.36. The van der Waals surface area contributed by atoms with Crippen molar-refractivity contribution < 1.29 is 4.89 Å². The molecule has 3 heteroatoms. The molecule has 0 aliphatic carbocycles. The SMILES string of the molecule is CSPO. The van der Waals surface area contributed by atoms with Crippen molar-refractivity contribution in [1.82, 2.24) is 0 Å². The second kappa shape index (κ2) is 3.74. The molecule has 4 heavy (non-hydrogen) atoms. The van der Waals surface area contributed by atoms with Gasteiger partial charge in [0.15, 0.2) is 0 Å². The highest BCUT2D eigenvalue weighted by Gasteiger charge is 1.56. The van der Waals surface area contributed by atoms with Gasteiger partial charge < -0.3 is 4.89 Å². The summed E-state index contributed by atoms with van der Waals surface area (Å²) in [6, 6.07) is 0. The second-order valence-electron chi connectivity index (χ2n) is 0.295. The highest BCUT2D eigenvalue weighted by molar-refractivity contribution is 8.47. The van der Waals surface area contributed by atoms with Gasteiger partial charge in [0.05, 0.1) is 8.01 Å². The molecule has 0 bridgehead atoms. The van der Waals surface area contributed by atoms with E-state index in [1.54, 1.807) is 0 Å². The van der Waals surface area contributed by atoms with Gasteiger partial charge in [0.2, 0.25) is 0 Å². The van der Waals surface area contributed by atoms with Gasteiger partial charge in [-0.1, -0.05) is 0 Å². The topological polar surface area (TPSA) is 20.2 Å². The van der Waals surface area contributed by atoms with Gasteiger partial charge in [-0.25, -0.2) is 0 Å². The first-order valence-electron chi connectivity index (χ1n) is 0.836. The lowest BCUT2D eigenvalue weighted by Gasteiger charge is -1.69. The summed E-state index contributed by atoms with van der Waals surface area (Å²) in [5, 5.41) is 0. The Morgan fingerprint density at radius 2 is 2.25 bits per heavy atom. The minimum atomic E-state index is 0.0571. The third-order valence-electron chi connectivity index (χ3n) is 0.0913. The van der Waals surface area contributed by atoms with Crippen LogP contribution < -0.4 is 0 Å². The Hall–Kier alpha value is 0.740. The van der Waals surface area contributed by atoms with Crippen LogP contribution in [0.3, 0.4) is 0 Å². The molecule has 0 spiro atoms. The molecule has 0 rings (SSSR count). The summed E-state index contributed by atoms with van der Waals surface area (Å²) in [7, 11) is 0.0571. The van der Waals surface area contributed by atoms with Crippen LogP contribution in [-0.4, -0.2) is 11.1 Å². The summed E-state index contributed by atoms with van der Waals surface area (Å²) in [5.41, 5.74) is 0. The summed E-state index contributed by atoms with van der Waals surface area (Å²) >= 11 is 1.44. The molecule has 0 aliphatic rings. The zero-order chi connectivity index (χ0) is 3.41. The van der Waals surface area contributed by atoms with Crippen molar-refractivity contribution in [3.8, 4) is 0 Å². The molecule has 1 atom stereocenters. The molecule has 1 unspecified atom stereocenters. The van der Waals surface area contributed by atoms with E-state index >= 15 is 0 Å². The largest absolute Gasteiger partial charge is 0.366 e. The lowest BCUT2D eigenvalue weighted by Crippen LogP contribution is -1.25. The fourth-order valence-electron chi connectivity index (χ4n) is 0. The lowest BCUT2D eigenvalue weighted by atomic mass is 12.0. The first-order chi connectivity index (χ1) is 1.91. The molecule has 1 nitrogen and oxygen atoms in total. The molecule has 0 aromatic heterocycles. The predicted molar refractivity (Wildman–Crippen MR) is 24.0 cm³/mol. The van der Waals surface area contributed by atoms with E-state index in [9.17, 15) is 0 Å². The second-order valence-corrected chi connectivity index (χ2v) is 2.66. The van der Waals surface area contributed by atoms with E-state index in [0.717, 1.165) is 0 Å². The van der Waals surface area contributed by atoms with Crippen LogP contribution in [-0.2, 0) is 0 Å². The van der Waals surface area contributed by atoms with Crippen LogP contribution in [0.1, 0.15) is 0 Å². The van der Waals surface area contributed by atoms with Crippen LogP contribution >= 0.6 is 19.4 Å². The minimum Gasteiger partial charge on any atom is -0.366 e. The smallest absolute Gasteiger partial charge is 0.0701 e. The van der Waals surface area contributed by atoms with E-state index < -0.39 is 0 Å². The van der Waals surface area contributed by atoms with E-state index in [-0.39, 0.29) is 8.01 Å². The molecular formula is CH5OPS. The average Bonchev–Trinajstić information content (AvgIpc) is 1.37. The van der Waals surface area contributed by atoms with Gasteiger partial charge in [-0.2, -0.15) is 0 Å². The highest BCUT2D eigenvalue weighted by atomic mass is 32.7. The molecule has 26 valence electrons. The van der Waals surface area contributed by atoms with Gasteiger partial charge in [-0.15, -0.1) is 11.4 Å². The Morgan fingerprint density at radius 3 is 2.25 bits per heavy atom. The van der Waals surface area contributed by atoms with Crippen LogP contribution in [0.5, 0.6) is 0 Å². The minimum absolute atomic E-state index is 0.0571.